The van der Waals surface area contributed by atoms with E-state index in [4.69, 9.17) is 34.8 Å². The predicted molar refractivity (Wildman–Crippen MR) is 113 cm³/mol. The van der Waals surface area contributed by atoms with Gasteiger partial charge in [-0.3, -0.25) is 4.79 Å². The van der Waals surface area contributed by atoms with Crippen LogP contribution in [0.2, 0.25) is 0 Å². The molecule has 3 aromatic rings. The number of alkyl halides is 3. The predicted octanol–water partition coefficient (Wildman–Crippen LogP) is 5.80. The number of rotatable bonds is 5. The lowest BCUT2D eigenvalue weighted by atomic mass is 10.2. The van der Waals surface area contributed by atoms with Crippen LogP contribution in [0.3, 0.4) is 0 Å². The van der Waals surface area contributed by atoms with Crippen LogP contribution in [0.1, 0.15) is 25.1 Å². The fourth-order valence-electron chi connectivity index (χ4n) is 3.18. The second kappa shape index (κ2) is 8.14. The quantitative estimate of drug-likeness (QED) is 0.476. The third-order valence-electron chi connectivity index (χ3n) is 4.54. The molecule has 27 heavy (non-hydrogen) atoms. The second-order valence-corrected chi connectivity index (χ2v) is 9.07. The van der Waals surface area contributed by atoms with E-state index in [0.717, 1.165) is 16.6 Å². The first-order valence-corrected chi connectivity index (χ1v) is 9.89. The number of hydrogen-bond acceptors (Lipinski definition) is 1. The molecule has 0 radical (unpaired) electrons. The molecule has 3 nitrogen and oxygen atoms in total. The lowest BCUT2D eigenvalue weighted by Gasteiger charge is -2.30. The number of hydrogen-bond donors (Lipinski definition) is 0. The van der Waals surface area contributed by atoms with Crippen LogP contribution in [0.15, 0.2) is 60.7 Å². The summed E-state index contributed by atoms with van der Waals surface area (Å²) in [5.41, 5.74) is 3.29. The number of halogens is 3. The van der Waals surface area contributed by atoms with Crippen molar-refractivity contribution in [2.75, 3.05) is 0 Å². The summed E-state index contributed by atoms with van der Waals surface area (Å²) >= 11 is 17.6. The Morgan fingerprint density at radius 1 is 1.04 bits per heavy atom. The molecule has 3 rings (SSSR count). The van der Waals surface area contributed by atoms with E-state index in [-0.39, 0.29) is 6.04 Å². The topological polar surface area (TPSA) is 25.2 Å². The number of amides is 1. The lowest BCUT2D eigenvalue weighted by Crippen LogP contribution is -2.43. The molecule has 0 unspecified atom stereocenters. The van der Waals surface area contributed by atoms with Gasteiger partial charge in [0.05, 0.1) is 6.54 Å². The van der Waals surface area contributed by atoms with Gasteiger partial charge in [-0.05, 0) is 36.9 Å². The van der Waals surface area contributed by atoms with Crippen LogP contribution in [0.4, 0.5) is 0 Å². The number of fused-ring (bicyclic) bond motifs is 1. The summed E-state index contributed by atoms with van der Waals surface area (Å²) in [6.45, 7) is 4.90. The van der Waals surface area contributed by atoms with Gasteiger partial charge in [0.1, 0.15) is 0 Å². The SMILES string of the molecule is CC(C)N(Cc1cc2ccccc2n1Cc1ccccc1)C(=O)C(Cl)(Cl)Cl. The van der Waals surface area contributed by atoms with Crippen molar-refractivity contribution >= 4 is 51.6 Å². The average molecular weight is 424 g/mol. The summed E-state index contributed by atoms with van der Waals surface area (Å²) in [6, 6.07) is 20.4. The molecule has 0 spiro atoms. The van der Waals surface area contributed by atoms with Gasteiger partial charge in [0.15, 0.2) is 0 Å². The van der Waals surface area contributed by atoms with Gasteiger partial charge in [0, 0.05) is 23.8 Å². The fraction of sp³-hybridized carbons (Fsp3) is 0.286. The highest BCUT2D eigenvalue weighted by atomic mass is 35.6. The minimum atomic E-state index is -1.97. The molecule has 0 aliphatic rings. The third kappa shape index (κ3) is 4.60. The first-order chi connectivity index (χ1) is 12.8. The van der Waals surface area contributed by atoms with Crippen molar-refractivity contribution in [1.82, 2.24) is 9.47 Å². The molecule has 0 fully saturated rings. The molecule has 0 aliphatic carbocycles. The number of para-hydroxylation sites is 1. The minimum absolute atomic E-state index is 0.101. The van der Waals surface area contributed by atoms with Crippen molar-refractivity contribution in [1.29, 1.82) is 0 Å². The molecule has 1 amide bonds. The van der Waals surface area contributed by atoms with Crippen LogP contribution in [0.25, 0.3) is 10.9 Å². The molecule has 1 aromatic heterocycles. The zero-order valence-electron chi connectivity index (χ0n) is 15.2. The Kier molecular flexibility index (Phi) is 6.05. The summed E-state index contributed by atoms with van der Waals surface area (Å²) in [6.07, 6.45) is 0. The molecule has 0 N–H and O–H groups in total. The summed E-state index contributed by atoms with van der Waals surface area (Å²) in [5.74, 6) is -0.515. The highest BCUT2D eigenvalue weighted by molar-refractivity contribution is 6.76. The first kappa shape index (κ1) is 20.1. The smallest absolute Gasteiger partial charge is 0.275 e. The van der Waals surface area contributed by atoms with E-state index in [0.29, 0.717) is 13.1 Å². The van der Waals surface area contributed by atoms with Crippen LogP contribution in [-0.4, -0.2) is 25.2 Å². The Hall–Kier alpha value is -1.68. The number of carbonyl (C=O) groups excluding carboxylic acids is 1. The molecular weight excluding hydrogens is 403 g/mol. The summed E-state index contributed by atoms with van der Waals surface area (Å²) in [7, 11) is 0. The Labute approximate surface area is 174 Å². The zero-order valence-corrected chi connectivity index (χ0v) is 17.5. The Balaban J connectivity index is 2.02. The second-order valence-electron chi connectivity index (χ2n) is 6.79. The molecule has 0 saturated heterocycles. The summed E-state index contributed by atoms with van der Waals surface area (Å²) in [5, 5.41) is 1.12. The normalized spacial score (nSPS) is 11.9. The highest BCUT2D eigenvalue weighted by Gasteiger charge is 2.36. The number of carbonyl (C=O) groups is 1. The fourth-order valence-corrected chi connectivity index (χ4v) is 3.50. The molecule has 0 bridgehead atoms. The monoisotopic (exact) mass is 422 g/mol. The van der Waals surface area contributed by atoms with Gasteiger partial charge < -0.3 is 9.47 Å². The Morgan fingerprint density at radius 3 is 2.30 bits per heavy atom. The maximum atomic E-state index is 12.6. The van der Waals surface area contributed by atoms with Gasteiger partial charge in [-0.25, -0.2) is 0 Å². The van der Waals surface area contributed by atoms with E-state index < -0.39 is 9.70 Å². The molecule has 142 valence electrons. The van der Waals surface area contributed by atoms with Crippen molar-refractivity contribution in [2.24, 2.45) is 0 Å². The van der Waals surface area contributed by atoms with E-state index >= 15 is 0 Å². The van der Waals surface area contributed by atoms with E-state index in [2.05, 4.69) is 34.9 Å². The van der Waals surface area contributed by atoms with Crippen molar-refractivity contribution in [3.8, 4) is 0 Å². The average Bonchev–Trinajstić information content (AvgIpc) is 2.96. The van der Waals surface area contributed by atoms with Crippen LogP contribution in [-0.2, 0) is 17.9 Å². The van der Waals surface area contributed by atoms with Crippen molar-refractivity contribution in [2.45, 2.75) is 36.8 Å². The van der Waals surface area contributed by atoms with E-state index in [9.17, 15) is 4.79 Å². The number of benzene rings is 2. The molecule has 0 aliphatic heterocycles. The molecule has 1 heterocycles. The van der Waals surface area contributed by atoms with Crippen molar-refractivity contribution in [3.05, 3.63) is 71.9 Å². The molecular formula is C21H21Cl3N2O. The first-order valence-electron chi connectivity index (χ1n) is 8.76. The zero-order chi connectivity index (χ0) is 19.6. The lowest BCUT2D eigenvalue weighted by molar-refractivity contribution is -0.132. The van der Waals surface area contributed by atoms with E-state index in [1.165, 1.54) is 5.56 Å². The van der Waals surface area contributed by atoms with Crippen molar-refractivity contribution < 1.29 is 4.79 Å². The molecule has 2 aromatic carbocycles. The highest BCUT2D eigenvalue weighted by Crippen LogP contribution is 2.31. The number of nitrogens with zero attached hydrogens (tertiary/aromatic N) is 2. The summed E-state index contributed by atoms with van der Waals surface area (Å²) < 4.78 is 0.242. The number of aromatic nitrogens is 1. The van der Waals surface area contributed by atoms with Gasteiger partial charge in [-0.2, -0.15) is 0 Å². The van der Waals surface area contributed by atoms with Crippen LogP contribution in [0, 0.1) is 0 Å². The van der Waals surface area contributed by atoms with Crippen LogP contribution >= 0.6 is 34.8 Å². The van der Waals surface area contributed by atoms with Gasteiger partial charge in [0.2, 0.25) is 0 Å². The largest absolute Gasteiger partial charge is 0.338 e. The maximum Gasteiger partial charge on any atom is 0.275 e. The van der Waals surface area contributed by atoms with Gasteiger partial charge in [-0.15, -0.1) is 0 Å². The van der Waals surface area contributed by atoms with Gasteiger partial charge in [0.25, 0.3) is 9.70 Å². The maximum absolute atomic E-state index is 12.6. The van der Waals surface area contributed by atoms with Crippen LogP contribution in [0.5, 0.6) is 0 Å². The van der Waals surface area contributed by atoms with Gasteiger partial charge in [-0.1, -0.05) is 83.3 Å². The standard InChI is InChI=1S/C21H21Cl3N2O/c1-15(2)25(20(27)21(22,23)24)14-18-12-17-10-6-7-11-19(17)26(18)13-16-8-4-3-5-9-16/h3-12,15H,13-14H2,1-2H3. The van der Waals surface area contributed by atoms with Crippen molar-refractivity contribution in [3.63, 3.8) is 0 Å². The van der Waals surface area contributed by atoms with E-state index in [1.807, 2.05) is 44.2 Å². The molecule has 6 heteroatoms. The minimum Gasteiger partial charge on any atom is -0.338 e. The van der Waals surface area contributed by atoms with Crippen LogP contribution < -0.4 is 0 Å². The summed E-state index contributed by atoms with van der Waals surface area (Å²) in [4.78, 5) is 14.2. The van der Waals surface area contributed by atoms with E-state index in [1.54, 1.807) is 4.90 Å². The third-order valence-corrected chi connectivity index (χ3v) is 5.02. The Morgan fingerprint density at radius 2 is 1.67 bits per heavy atom. The van der Waals surface area contributed by atoms with Gasteiger partial charge >= 0.3 is 0 Å². The molecule has 0 atom stereocenters. The molecule has 0 saturated carbocycles. The Bertz CT molecular complexity index is 929.